The van der Waals surface area contributed by atoms with Gasteiger partial charge in [-0.1, -0.05) is 48.5 Å². The van der Waals surface area contributed by atoms with Gasteiger partial charge in [0.15, 0.2) is 11.5 Å². The van der Waals surface area contributed by atoms with Crippen molar-refractivity contribution in [2.75, 3.05) is 62.3 Å². The molecule has 0 unspecified atom stereocenters. The first-order valence-electron chi connectivity index (χ1n) is 21.8. The number of aromatic nitrogens is 6. The summed E-state index contributed by atoms with van der Waals surface area (Å²) >= 11 is 13.8. The van der Waals surface area contributed by atoms with Crippen LogP contribution in [0.4, 0.5) is 11.4 Å². The Hall–Kier alpha value is -7.16. The molecular weight excluding hydrogens is 876 g/mol. The molecule has 4 aromatic carbocycles. The number of benzene rings is 4. The number of pyridine rings is 2. The number of nitrogens with zero attached hydrogens (tertiary/aromatic N) is 8. The molecule has 0 radical (unpaired) electrons. The topological polar surface area (TPSA) is 149 Å². The van der Waals surface area contributed by atoms with Gasteiger partial charge in [-0.05, 0) is 84.7 Å². The summed E-state index contributed by atoms with van der Waals surface area (Å²) in [5.74, 6) is 1.41. The van der Waals surface area contributed by atoms with E-state index in [1.807, 2.05) is 58.6 Å². The third-order valence-electron chi connectivity index (χ3n) is 13.4. The van der Waals surface area contributed by atoms with Gasteiger partial charge >= 0.3 is 0 Å². The SMILES string of the molecule is C=CC(=O)N1CCN2c3c(cnc4cc(-c5c(C)ccc6[nH]ncc56)c(Cl)cc34)OC[C@@H]2C1.C=CC(=O)N1CCN2c3c(cnc4cc(-c5c(C)ccc6[nH]ncc56)c(Cl)cc34)OC[C@@H]2C1. The van der Waals surface area contributed by atoms with Crippen LogP contribution in [0.3, 0.4) is 0 Å². The van der Waals surface area contributed by atoms with Crippen LogP contribution in [0.15, 0.2) is 98.6 Å². The fourth-order valence-corrected chi connectivity index (χ4v) is 10.6. The average molecular weight is 920 g/mol. The van der Waals surface area contributed by atoms with Crippen molar-refractivity contribution in [1.82, 2.24) is 40.2 Å². The maximum Gasteiger partial charge on any atom is 0.246 e. The highest BCUT2D eigenvalue weighted by Gasteiger charge is 2.37. The second-order valence-corrected chi connectivity index (χ2v) is 17.9. The molecule has 2 fully saturated rings. The summed E-state index contributed by atoms with van der Waals surface area (Å²) in [4.78, 5) is 42.0. The van der Waals surface area contributed by atoms with Crippen molar-refractivity contribution in [2.45, 2.75) is 25.9 Å². The highest BCUT2D eigenvalue weighted by molar-refractivity contribution is 6.35. The van der Waals surface area contributed by atoms with Gasteiger partial charge in [-0.25, -0.2) is 0 Å². The zero-order chi connectivity index (χ0) is 45.4. The summed E-state index contributed by atoms with van der Waals surface area (Å²) in [7, 11) is 0. The molecule has 12 rings (SSSR count). The van der Waals surface area contributed by atoms with Crippen molar-refractivity contribution in [1.29, 1.82) is 0 Å². The number of nitrogens with one attached hydrogen (secondary N) is 2. The first-order valence-corrected chi connectivity index (χ1v) is 22.6. The fourth-order valence-electron chi connectivity index (χ4n) is 10.1. The number of rotatable bonds is 4. The van der Waals surface area contributed by atoms with Crippen molar-refractivity contribution in [3.05, 3.63) is 120 Å². The molecule has 332 valence electrons. The van der Waals surface area contributed by atoms with Gasteiger partial charge in [-0.2, -0.15) is 10.2 Å². The number of aryl methyl sites for hydroxylation is 2. The third-order valence-corrected chi connectivity index (χ3v) is 14.0. The Morgan fingerprint density at radius 2 is 1.08 bits per heavy atom. The van der Waals surface area contributed by atoms with E-state index in [0.29, 0.717) is 62.5 Å². The van der Waals surface area contributed by atoms with Gasteiger partial charge in [0, 0.05) is 82.0 Å². The van der Waals surface area contributed by atoms with E-state index in [9.17, 15) is 9.59 Å². The first-order chi connectivity index (χ1) is 32.1. The lowest BCUT2D eigenvalue weighted by Crippen LogP contribution is -2.58. The van der Waals surface area contributed by atoms with Gasteiger partial charge in [0.1, 0.15) is 13.2 Å². The van der Waals surface area contributed by atoms with Crippen LogP contribution in [-0.4, -0.2) is 117 Å². The minimum absolute atomic E-state index is 0.0449. The second kappa shape index (κ2) is 16.4. The molecule has 2 saturated heterocycles. The van der Waals surface area contributed by atoms with Crippen LogP contribution in [0.1, 0.15) is 11.1 Å². The molecule has 0 aliphatic carbocycles. The molecule has 4 aliphatic heterocycles. The monoisotopic (exact) mass is 918 g/mol. The lowest BCUT2D eigenvalue weighted by molar-refractivity contribution is -0.127. The van der Waals surface area contributed by atoms with Gasteiger partial charge < -0.3 is 29.1 Å². The van der Waals surface area contributed by atoms with E-state index >= 15 is 0 Å². The molecule has 2 amide bonds. The number of amides is 2. The van der Waals surface area contributed by atoms with E-state index in [-0.39, 0.29) is 23.9 Å². The molecule has 8 heterocycles. The van der Waals surface area contributed by atoms with Crippen molar-refractivity contribution < 1.29 is 19.1 Å². The Balaban J connectivity index is 0.000000146. The molecule has 14 nitrogen and oxygen atoms in total. The maximum atomic E-state index is 12.1. The standard InChI is InChI=1S/2C25H22ClN5O2/c2*1-3-23(32)30-6-7-31-15(12-30)13-33-22-11-27-21-9-16(19(26)8-17(21)25(22)31)24-14(2)4-5-20-18(24)10-28-29-20/h2*3-5,8-11,15H,1,6-7,12-13H2,2H3,(H,28,29)/t2*15-/m00/s1. The molecule has 0 bridgehead atoms. The Bertz CT molecular complexity index is 3110. The van der Waals surface area contributed by atoms with Crippen LogP contribution in [-0.2, 0) is 9.59 Å². The molecule has 2 atom stereocenters. The normalized spacial score (nSPS) is 17.6. The minimum Gasteiger partial charge on any atom is -0.488 e. The van der Waals surface area contributed by atoms with Crippen LogP contribution in [0.25, 0.3) is 65.9 Å². The highest BCUT2D eigenvalue weighted by atomic mass is 35.5. The highest BCUT2D eigenvalue weighted by Crippen LogP contribution is 2.46. The largest absolute Gasteiger partial charge is 0.488 e. The molecule has 66 heavy (non-hydrogen) atoms. The lowest BCUT2D eigenvalue weighted by Gasteiger charge is -2.45. The van der Waals surface area contributed by atoms with Gasteiger partial charge in [0.25, 0.3) is 0 Å². The second-order valence-electron chi connectivity index (χ2n) is 17.1. The number of carbonyl (C=O) groups is 2. The number of hydrogen-bond donors (Lipinski definition) is 2. The summed E-state index contributed by atoms with van der Waals surface area (Å²) in [6.07, 6.45) is 9.99. The number of halogens is 2. The molecular formula is C50H44Cl2N10O4. The number of carbonyl (C=O) groups excluding carboxylic acids is 2. The number of anilines is 2. The Morgan fingerprint density at radius 1 is 0.636 bits per heavy atom. The molecule has 4 aliphatic rings. The number of piperazine rings is 2. The molecule has 0 saturated carbocycles. The van der Waals surface area contributed by atoms with E-state index in [1.54, 1.807) is 12.4 Å². The van der Waals surface area contributed by atoms with Crippen LogP contribution in [0.2, 0.25) is 10.0 Å². The Kier molecular flexibility index (Phi) is 10.3. The van der Waals surface area contributed by atoms with Gasteiger partial charge in [-0.3, -0.25) is 29.8 Å². The Morgan fingerprint density at radius 3 is 1.50 bits per heavy atom. The minimum atomic E-state index is -0.0449. The third kappa shape index (κ3) is 6.85. The van der Waals surface area contributed by atoms with Crippen LogP contribution < -0.4 is 19.3 Å². The number of aromatic amines is 2. The van der Waals surface area contributed by atoms with Gasteiger partial charge in [0.05, 0.1) is 70.3 Å². The predicted octanol–water partition coefficient (Wildman–Crippen LogP) is 8.67. The first kappa shape index (κ1) is 41.5. The molecule has 2 N–H and O–H groups in total. The summed E-state index contributed by atoms with van der Waals surface area (Å²) in [6, 6.07) is 16.4. The van der Waals surface area contributed by atoms with E-state index in [4.69, 9.17) is 42.6 Å². The van der Waals surface area contributed by atoms with Crippen molar-refractivity contribution in [2.24, 2.45) is 0 Å². The summed E-state index contributed by atoms with van der Waals surface area (Å²) in [5.41, 5.74) is 11.8. The van der Waals surface area contributed by atoms with Crippen LogP contribution in [0, 0.1) is 13.8 Å². The van der Waals surface area contributed by atoms with Crippen LogP contribution in [0.5, 0.6) is 11.5 Å². The predicted molar refractivity (Wildman–Crippen MR) is 260 cm³/mol. The quantitative estimate of drug-likeness (QED) is 0.164. The Labute approximate surface area is 389 Å². The van der Waals surface area contributed by atoms with E-state index < -0.39 is 0 Å². The average Bonchev–Trinajstić information content (AvgIpc) is 4.03. The smallest absolute Gasteiger partial charge is 0.246 e. The number of hydrogen-bond acceptors (Lipinski definition) is 10. The molecule has 16 heteroatoms. The molecule has 8 aromatic rings. The number of ether oxygens (including phenoxy) is 2. The fraction of sp³-hybridized carbons (Fsp3) is 0.240. The summed E-state index contributed by atoms with van der Waals surface area (Å²) < 4.78 is 12.1. The van der Waals surface area contributed by atoms with E-state index in [1.165, 1.54) is 12.2 Å². The van der Waals surface area contributed by atoms with Gasteiger partial charge in [-0.15, -0.1) is 0 Å². The zero-order valence-corrected chi connectivity index (χ0v) is 37.8. The van der Waals surface area contributed by atoms with Crippen LogP contribution >= 0.6 is 23.2 Å². The zero-order valence-electron chi connectivity index (χ0n) is 36.3. The number of fused-ring (bicyclic) bond motifs is 12. The lowest BCUT2D eigenvalue weighted by atomic mass is 9.95. The van der Waals surface area contributed by atoms with E-state index in [0.717, 1.165) is 99.9 Å². The molecule has 4 aromatic heterocycles. The summed E-state index contributed by atoms with van der Waals surface area (Å²) in [5, 5.41) is 19.7. The molecule has 0 spiro atoms. The van der Waals surface area contributed by atoms with Crippen molar-refractivity contribution >= 4 is 90.0 Å². The summed E-state index contributed by atoms with van der Waals surface area (Å²) in [6.45, 7) is 16.3. The maximum absolute atomic E-state index is 12.1. The number of H-pyrrole nitrogens is 2. The van der Waals surface area contributed by atoms with Crippen molar-refractivity contribution in [3.8, 4) is 33.8 Å². The van der Waals surface area contributed by atoms with Gasteiger partial charge in [0.2, 0.25) is 11.8 Å². The van der Waals surface area contributed by atoms with E-state index in [2.05, 4.69) is 69.3 Å². The van der Waals surface area contributed by atoms with Crippen molar-refractivity contribution in [3.63, 3.8) is 0 Å².